The van der Waals surface area contributed by atoms with Gasteiger partial charge in [0.05, 0.1) is 0 Å². The Morgan fingerprint density at radius 2 is 0.721 bits per heavy atom. The molecule has 0 N–H and O–H groups in total. The van der Waals surface area contributed by atoms with E-state index in [0.717, 1.165) is 38.5 Å². The van der Waals surface area contributed by atoms with Gasteiger partial charge in [-0.05, 0) is 12.8 Å². The Balaban J connectivity index is 3.84. The van der Waals surface area contributed by atoms with Crippen LogP contribution in [0.4, 0.5) is 0 Å². The Morgan fingerprint density at radius 1 is 0.419 bits per heavy atom. The van der Waals surface area contributed by atoms with Crippen LogP contribution in [0.15, 0.2) is 0 Å². The summed E-state index contributed by atoms with van der Waals surface area (Å²) in [6.07, 6.45) is 32.5. The summed E-state index contributed by atoms with van der Waals surface area (Å²) in [5, 5.41) is 0. The lowest BCUT2D eigenvalue weighted by Crippen LogP contribution is -2.30. The number of carbonyl (C=O) groups is 3. The highest BCUT2D eigenvalue weighted by Gasteiger charge is 2.18. The van der Waals surface area contributed by atoms with E-state index in [1.54, 1.807) is 0 Å². The number of carbonyl (C=O) groups excluding carboxylic acids is 3. The van der Waals surface area contributed by atoms with Gasteiger partial charge in [-0.1, -0.05) is 168 Å². The zero-order chi connectivity index (χ0) is 31.6. The lowest BCUT2D eigenvalue weighted by molar-refractivity contribution is -0.166. The van der Waals surface area contributed by atoms with Crippen molar-refractivity contribution in [2.75, 3.05) is 13.2 Å². The maximum absolute atomic E-state index is 12.3. The predicted molar refractivity (Wildman–Crippen MR) is 178 cm³/mol. The van der Waals surface area contributed by atoms with Crippen LogP contribution in [0.1, 0.15) is 201 Å². The molecule has 0 rings (SSSR count). The number of hydrogen-bond donors (Lipinski definition) is 0. The maximum Gasteiger partial charge on any atom is 0.306 e. The summed E-state index contributed by atoms with van der Waals surface area (Å²) in [6, 6.07) is 0. The number of ether oxygens (including phenoxy) is 3. The van der Waals surface area contributed by atoms with E-state index in [9.17, 15) is 14.4 Å². The van der Waals surface area contributed by atoms with Crippen LogP contribution >= 0.6 is 0 Å². The molecule has 6 heteroatoms. The third-order valence-corrected chi connectivity index (χ3v) is 8.17. The van der Waals surface area contributed by atoms with E-state index in [1.165, 1.54) is 135 Å². The van der Waals surface area contributed by atoms with E-state index in [-0.39, 0.29) is 25.2 Å². The first-order valence-electron chi connectivity index (χ1n) is 18.5. The Morgan fingerprint density at radius 3 is 1.07 bits per heavy atom. The van der Waals surface area contributed by atoms with E-state index >= 15 is 0 Å². The fourth-order valence-electron chi connectivity index (χ4n) is 5.40. The van der Waals surface area contributed by atoms with Crippen molar-refractivity contribution in [3.05, 3.63) is 0 Å². The highest BCUT2D eigenvalue weighted by Crippen LogP contribution is 2.15. The number of unbranched alkanes of at least 4 members (excludes halogenated alkanes) is 24. The van der Waals surface area contributed by atoms with Gasteiger partial charge in [0.15, 0.2) is 6.10 Å². The van der Waals surface area contributed by atoms with Crippen LogP contribution in [-0.4, -0.2) is 37.2 Å². The highest BCUT2D eigenvalue weighted by molar-refractivity contribution is 5.70. The summed E-state index contributed by atoms with van der Waals surface area (Å²) in [6.45, 7) is 5.66. The van der Waals surface area contributed by atoms with Crippen molar-refractivity contribution in [3.63, 3.8) is 0 Å². The monoisotopic (exact) mass is 611 g/mol. The van der Waals surface area contributed by atoms with Gasteiger partial charge in [0.2, 0.25) is 0 Å². The van der Waals surface area contributed by atoms with Crippen molar-refractivity contribution in [2.45, 2.75) is 207 Å². The quantitative estimate of drug-likeness (QED) is 0.0418. The first-order chi connectivity index (χ1) is 21.0. The highest BCUT2D eigenvalue weighted by atomic mass is 16.6. The molecule has 0 saturated carbocycles. The smallest absolute Gasteiger partial charge is 0.306 e. The van der Waals surface area contributed by atoms with Crippen LogP contribution in [0.2, 0.25) is 0 Å². The average Bonchev–Trinajstić information content (AvgIpc) is 2.99. The zero-order valence-electron chi connectivity index (χ0n) is 28.7. The van der Waals surface area contributed by atoms with Gasteiger partial charge in [-0.2, -0.15) is 0 Å². The van der Waals surface area contributed by atoms with Gasteiger partial charge >= 0.3 is 17.9 Å². The van der Waals surface area contributed by atoms with Crippen LogP contribution in [-0.2, 0) is 28.6 Å². The molecule has 0 aromatic heterocycles. The zero-order valence-corrected chi connectivity index (χ0v) is 28.7. The van der Waals surface area contributed by atoms with Crippen LogP contribution in [0, 0.1) is 0 Å². The van der Waals surface area contributed by atoms with Crippen LogP contribution in [0.3, 0.4) is 0 Å². The molecule has 0 aliphatic carbocycles. The molecule has 0 amide bonds. The third kappa shape index (κ3) is 33.1. The van der Waals surface area contributed by atoms with Gasteiger partial charge in [-0.25, -0.2) is 0 Å². The largest absolute Gasteiger partial charge is 0.462 e. The molecular weight excluding hydrogens is 540 g/mol. The molecule has 0 bridgehead atoms. The van der Waals surface area contributed by atoms with E-state index < -0.39 is 12.1 Å². The molecule has 0 aliphatic rings. The summed E-state index contributed by atoms with van der Waals surface area (Å²) < 4.78 is 15.9. The van der Waals surface area contributed by atoms with E-state index in [4.69, 9.17) is 14.2 Å². The molecule has 0 aromatic rings. The van der Waals surface area contributed by atoms with Gasteiger partial charge in [0.25, 0.3) is 0 Å². The Hall–Kier alpha value is -1.59. The van der Waals surface area contributed by atoms with E-state index in [0.29, 0.717) is 12.8 Å². The summed E-state index contributed by atoms with van der Waals surface area (Å²) >= 11 is 0. The fourth-order valence-corrected chi connectivity index (χ4v) is 5.40. The van der Waals surface area contributed by atoms with Gasteiger partial charge < -0.3 is 14.2 Å². The normalized spacial score (nSPS) is 11.8. The number of hydrogen-bond acceptors (Lipinski definition) is 6. The second-order valence-corrected chi connectivity index (χ2v) is 12.6. The molecule has 0 radical (unpaired) electrons. The van der Waals surface area contributed by atoms with Crippen molar-refractivity contribution < 1.29 is 28.6 Å². The molecule has 0 fully saturated rings. The van der Waals surface area contributed by atoms with E-state index in [2.05, 4.69) is 13.8 Å². The van der Waals surface area contributed by atoms with Gasteiger partial charge in [-0.15, -0.1) is 0 Å². The van der Waals surface area contributed by atoms with Gasteiger partial charge in [0.1, 0.15) is 13.2 Å². The maximum atomic E-state index is 12.3. The lowest BCUT2D eigenvalue weighted by atomic mass is 10.0. The van der Waals surface area contributed by atoms with Crippen LogP contribution < -0.4 is 0 Å². The van der Waals surface area contributed by atoms with Crippen molar-refractivity contribution in [1.82, 2.24) is 0 Å². The Bertz CT molecular complexity index is 635. The van der Waals surface area contributed by atoms with Gasteiger partial charge in [-0.3, -0.25) is 14.4 Å². The Labute approximate surface area is 266 Å². The first kappa shape index (κ1) is 41.4. The predicted octanol–water partition coefficient (Wildman–Crippen LogP) is 11.0. The second-order valence-electron chi connectivity index (χ2n) is 12.6. The van der Waals surface area contributed by atoms with Crippen LogP contribution in [0.25, 0.3) is 0 Å². The average molecular weight is 611 g/mol. The first-order valence-corrected chi connectivity index (χ1v) is 18.5. The van der Waals surface area contributed by atoms with Crippen molar-refractivity contribution in [3.8, 4) is 0 Å². The molecule has 0 saturated heterocycles. The Kier molecular flexibility index (Phi) is 32.1. The second kappa shape index (κ2) is 33.3. The molecule has 0 aromatic carbocycles. The fraction of sp³-hybridized carbons (Fsp3) is 0.919. The summed E-state index contributed by atoms with van der Waals surface area (Å²) in [4.78, 5) is 35.8. The third-order valence-electron chi connectivity index (χ3n) is 8.17. The minimum atomic E-state index is -0.756. The van der Waals surface area contributed by atoms with Crippen LogP contribution in [0.5, 0.6) is 0 Å². The molecule has 254 valence electrons. The summed E-state index contributed by atoms with van der Waals surface area (Å²) in [5.74, 6) is -1.06. The standard InChI is InChI=1S/C37H70O6/c1-4-6-8-10-12-14-16-18-20-22-24-26-28-30-36(39)42-33-35(32-41-34(3)38)43-37(40)31-29-27-25-23-21-19-17-15-13-11-9-7-5-2/h35H,4-33H2,1-3H3. The molecule has 1 unspecified atom stereocenters. The summed E-state index contributed by atoms with van der Waals surface area (Å²) in [5.41, 5.74) is 0. The van der Waals surface area contributed by atoms with Gasteiger partial charge in [0, 0.05) is 19.8 Å². The van der Waals surface area contributed by atoms with Crippen molar-refractivity contribution in [1.29, 1.82) is 0 Å². The lowest BCUT2D eigenvalue weighted by Gasteiger charge is -2.18. The molecule has 0 spiro atoms. The SMILES string of the molecule is CCCCCCCCCCCCCCCC(=O)OCC(COC(C)=O)OC(=O)CCCCCCCCCCCCCCC. The number of esters is 3. The topological polar surface area (TPSA) is 78.9 Å². The summed E-state index contributed by atoms with van der Waals surface area (Å²) in [7, 11) is 0. The van der Waals surface area contributed by atoms with Crippen molar-refractivity contribution >= 4 is 17.9 Å². The van der Waals surface area contributed by atoms with E-state index in [1.807, 2.05) is 0 Å². The molecular formula is C37H70O6. The van der Waals surface area contributed by atoms with Crippen molar-refractivity contribution in [2.24, 2.45) is 0 Å². The molecule has 1 atom stereocenters. The minimum absolute atomic E-state index is 0.0745. The molecule has 0 heterocycles. The minimum Gasteiger partial charge on any atom is -0.462 e. The molecule has 6 nitrogen and oxygen atoms in total. The number of rotatable bonds is 33. The molecule has 0 aliphatic heterocycles. The molecule has 43 heavy (non-hydrogen) atoms.